The molecule has 0 spiro atoms. The molecule has 1 aromatic rings. The smallest absolute Gasteiger partial charge is 0.406 e. The van der Waals surface area contributed by atoms with Crippen LogP contribution < -0.4 is 10.6 Å². The Kier molecular flexibility index (Phi) is 4.47. The number of benzene rings is 1. The maximum Gasteiger partial charge on any atom is 0.406 e. The number of ether oxygens (including phenoxy) is 1. The van der Waals surface area contributed by atoms with Crippen LogP contribution in [0.15, 0.2) is 24.3 Å². The van der Waals surface area contributed by atoms with E-state index in [1.807, 2.05) is 31.2 Å². The second-order valence-electron chi connectivity index (χ2n) is 3.21. The van der Waals surface area contributed by atoms with Crippen LogP contribution in [0.3, 0.4) is 0 Å². The number of rotatable bonds is 4. The summed E-state index contributed by atoms with van der Waals surface area (Å²) < 4.78 is 4.44. The number of carbonyl (C=O) groups excluding carboxylic acids is 1. The lowest BCUT2D eigenvalue weighted by atomic mass is 10.2. The van der Waals surface area contributed by atoms with E-state index >= 15 is 0 Å². The predicted molar refractivity (Wildman–Crippen MR) is 60.1 cm³/mol. The normalized spacial score (nSPS) is 9.47. The van der Waals surface area contributed by atoms with Gasteiger partial charge in [-0.25, -0.2) is 4.79 Å². The van der Waals surface area contributed by atoms with Gasteiger partial charge in [0.05, 0.1) is 7.11 Å². The van der Waals surface area contributed by atoms with Crippen molar-refractivity contribution in [2.45, 2.75) is 6.92 Å². The van der Waals surface area contributed by atoms with E-state index in [2.05, 4.69) is 15.4 Å². The average molecular weight is 208 g/mol. The Labute approximate surface area is 89.6 Å². The van der Waals surface area contributed by atoms with Gasteiger partial charge < -0.3 is 15.4 Å². The van der Waals surface area contributed by atoms with Crippen LogP contribution in [0.4, 0.5) is 10.5 Å². The van der Waals surface area contributed by atoms with Crippen LogP contribution >= 0.6 is 0 Å². The molecule has 4 nitrogen and oxygen atoms in total. The van der Waals surface area contributed by atoms with Crippen LogP contribution in [-0.2, 0) is 4.74 Å². The van der Waals surface area contributed by atoms with Gasteiger partial charge in [-0.3, -0.25) is 0 Å². The van der Waals surface area contributed by atoms with Crippen molar-refractivity contribution >= 4 is 11.8 Å². The summed E-state index contributed by atoms with van der Waals surface area (Å²) in [4.78, 5) is 10.7. The largest absolute Gasteiger partial charge is 0.453 e. The summed E-state index contributed by atoms with van der Waals surface area (Å²) in [5, 5.41) is 5.77. The fraction of sp³-hybridized carbons (Fsp3) is 0.364. The highest BCUT2D eigenvalue weighted by molar-refractivity contribution is 5.66. The molecule has 1 amide bonds. The molecule has 0 saturated heterocycles. The van der Waals surface area contributed by atoms with Gasteiger partial charge >= 0.3 is 6.09 Å². The SMILES string of the molecule is COC(=O)NCCNc1ccc(C)cc1. The van der Waals surface area contributed by atoms with Crippen LogP contribution in [0.1, 0.15) is 5.56 Å². The molecule has 1 aromatic carbocycles. The van der Waals surface area contributed by atoms with Gasteiger partial charge in [-0.05, 0) is 19.1 Å². The van der Waals surface area contributed by atoms with Gasteiger partial charge in [0.2, 0.25) is 0 Å². The second-order valence-corrected chi connectivity index (χ2v) is 3.21. The first kappa shape index (κ1) is 11.4. The number of hydrogen-bond acceptors (Lipinski definition) is 3. The van der Waals surface area contributed by atoms with Crippen molar-refractivity contribution in [3.05, 3.63) is 29.8 Å². The van der Waals surface area contributed by atoms with Crippen LogP contribution in [0, 0.1) is 6.92 Å². The van der Waals surface area contributed by atoms with E-state index in [-0.39, 0.29) is 0 Å². The fourth-order valence-corrected chi connectivity index (χ4v) is 1.11. The summed E-state index contributed by atoms with van der Waals surface area (Å²) in [6.45, 7) is 3.27. The molecule has 0 aromatic heterocycles. The van der Waals surface area contributed by atoms with E-state index in [0.717, 1.165) is 5.69 Å². The highest BCUT2D eigenvalue weighted by Crippen LogP contribution is 2.07. The molecular formula is C11H16N2O2. The monoisotopic (exact) mass is 208 g/mol. The van der Waals surface area contributed by atoms with Gasteiger partial charge in [-0.15, -0.1) is 0 Å². The standard InChI is InChI=1S/C11H16N2O2/c1-9-3-5-10(6-4-9)12-7-8-13-11(14)15-2/h3-6,12H,7-8H2,1-2H3,(H,13,14). The number of alkyl carbamates (subject to hydrolysis) is 1. The molecule has 0 aliphatic heterocycles. The minimum Gasteiger partial charge on any atom is -0.453 e. The van der Waals surface area contributed by atoms with Crippen LogP contribution in [0.2, 0.25) is 0 Å². The van der Waals surface area contributed by atoms with Crippen LogP contribution in [0.5, 0.6) is 0 Å². The minimum absolute atomic E-state index is 0.402. The Balaban J connectivity index is 2.20. The third-order valence-corrected chi connectivity index (χ3v) is 1.96. The molecule has 0 bridgehead atoms. The highest BCUT2D eigenvalue weighted by atomic mass is 16.5. The number of methoxy groups -OCH3 is 1. The molecule has 1 rings (SSSR count). The van der Waals surface area contributed by atoms with Crippen molar-refractivity contribution in [1.29, 1.82) is 0 Å². The van der Waals surface area contributed by atoms with Crippen LogP contribution in [-0.4, -0.2) is 26.3 Å². The zero-order valence-corrected chi connectivity index (χ0v) is 9.04. The van der Waals surface area contributed by atoms with E-state index in [4.69, 9.17) is 0 Å². The molecule has 0 unspecified atom stereocenters. The number of carbonyl (C=O) groups is 1. The van der Waals surface area contributed by atoms with Crippen molar-refractivity contribution in [3.63, 3.8) is 0 Å². The lowest BCUT2D eigenvalue weighted by Crippen LogP contribution is -2.28. The summed E-state index contributed by atoms with van der Waals surface area (Å²) in [5.41, 5.74) is 2.28. The average Bonchev–Trinajstić information content (AvgIpc) is 2.26. The van der Waals surface area contributed by atoms with Crippen LogP contribution in [0.25, 0.3) is 0 Å². The number of hydrogen-bond donors (Lipinski definition) is 2. The number of amides is 1. The molecule has 4 heteroatoms. The van der Waals surface area contributed by atoms with Crippen molar-refractivity contribution < 1.29 is 9.53 Å². The quantitative estimate of drug-likeness (QED) is 0.741. The lowest BCUT2D eigenvalue weighted by molar-refractivity contribution is 0.171. The van der Waals surface area contributed by atoms with Crippen molar-refractivity contribution in [3.8, 4) is 0 Å². The Morgan fingerprint density at radius 2 is 1.93 bits per heavy atom. The molecule has 0 aliphatic carbocycles. The minimum atomic E-state index is -0.402. The Bertz CT molecular complexity index is 309. The Morgan fingerprint density at radius 1 is 1.27 bits per heavy atom. The first-order chi connectivity index (χ1) is 7.22. The second kappa shape index (κ2) is 5.90. The zero-order chi connectivity index (χ0) is 11.1. The van der Waals surface area contributed by atoms with Crippen molar-refractivity contribution in [1.82, 2.24) is 5.32 Å². The summed E-state index contributed by atoms with van der Waals surface area (Å²) in [6, 6.07) is 8.09. The number of nitrogens with one attached hydrogen (secondary N) is 2. The molecule has 0 fully saturated rings. The third kappa shape index (κ3) is 4.35. The highest BCUT2D eigenvalue weighted by Gasteiger charge is 1.96. The molecule has 0 radical (unpaired) electrons. The maximum atomic E-state index is 10.7. The van der Waals surface area contributed by atoms with Gasteiger partial charge in [0, 0.05) is 18.8 Å². The van der Waals surface area contributed by atoms with Crippen molar-refractivity contribution in [2.24, 2.45) is 0 Å². The predicted octanol–water partition coefficient (Wildman–Crippen LogP) is 1.76. The molecule has 0 aliphatic rings. The van der Waals surface area contributed by atoms with Gasteiger partial charge in [-0.1, -0.05) is 17.7 Å². The van der Waals surface area contributed by atoms with Gasteiger partial charge in [0.25, 0.3) is 0 Å². The zero-order valence-electron chi connectivity index (χ0n) is 9.04. The first-order valence-corrected chi connectivity index (χ1v) is 4.84. The van der Waals surface area contributed by atoms with E-state index in [9.17, 15) is 4.79 Å². The van der Waals surface area contributed by atoms with E-state index < -0.39 is 6.09 Å². The summed E-state index contributed by atoms with van der Waals surface area (Å²) >= 11 is 0. The number of anilines is 1. The Morgan fingerprint density at radius 3 is 2.53 bits per heavy atom. The fourth-order valence-electron chi connectivity index (χ4n) is 1.11. The molecule has 0 atom stereocenters. The number of aryl methyl sites for hydroxylation is 1. The summed E-state index contributed by atoms with van der Waals surface area (Å²) in [6.07, 6.45) is -0.402. The molecular weight excluding hydrogens is 192 g/mol. The molecule has 0 heterocycles. The molecule has 2 N–H and O–H groups in total. The van der Waals surface area contributed by atoms with E-state index in [1.165, 1.54) is 12.7 Å². The molecule has 0 saturated carbocycles. The maximum absolute atomic E-state index is 10.7. The Hall–Kier alpha value is -1.71. The van der Waals surface area contributed by atoms with Gasteiger partial charge in [0.15, 0.2) is 0 Å². The van der Waals surface area contributed by atoms with E-state index in [0.29, 0.717) is 13.1 Å². The topological polar surface area (TPSA) is 50.4 Å². The summed E-state index contributed by atoms with van der Waals surface area (Å²) in [7, 11) is 1.35. The van der Waals surface area contributed by atoms with Gasteiger partial charge in [0.1, 0.15) is 0 Å². The molecule has 82 valence electrons. The molecule has 15 heavy (non-hydrogen) atoms. The van der Waals surface area contributed by atoms with E-state index in [1.54, 1.807) is 0 Å². The van der Waals surface area contributed by atoms with Gasteiger partial charge in [-0.2, -0.15) is 0 Å². The first-order valence-electron chi connectivity index (χ1n) is 4.84. The van der Waals surface area contributed by atoms with Crippen molar-refractivity contribution in [2.75, 3.05) is 25.5 Å². The summed E-state index contributed by atoms with van der Waals surface area (Å²) in [5.74, 6) is 0. The third-order valence-electron chi connectivity index (χ3n) is 1.96. The lowest BCUT2D eigenvalue weighted by Gasteiger charge is -2.07.